The monoisotopic (exact) mass is 290 g/mol. The Morgan fingerprint density at radius 2 is 1.85 bits per heavy atom. The molecule has 1 amide bonds. The Labute approximate surface area is 120 Å². The number of halogens is 1. The predicted octanol–water partition coefficient (Wildman–Crippen LogP) is 2.52. The Morgan fingerprint density at radius 1 is 1.15 bits per heavy atom. The third-order valence-corrected chi connectivity index (χ3v) is 2.74. The summed E-state index contributed by atoms with van der Waals surface area (Å²) in [5.41, 5.74) is 3.01. The van der Waals surface area contributed by atoms with Crippen molar-refractivity contribution in [3.8, 4) is 11.5 Å². The van der Waals surface area contributed by atoms with Gasteiger partial charge >= 0.3 is 0 Å². The molecule has 0 spiro atoms. The Balaban J connectivity index is 2.04. The summed E-state index contributed by atoms with van der Waals surface area (Å²) in [7, 11) is 0. The summed E-state index contributed by atoms with van der Waals surface area (Å²) in [4.78, 5) is 11.7. The number of amides is 1. The molecule has 6 heteroatoms. The number of nitrogens with zero attached hydrogens (tertiary/aromatic N) is 1. The number of nitrogens with one attached hydrogen (secondary N) is 1. The van der Waals surface area contributed by atoms with Crippen LogP contribution in [0.3, 0.4) is 0 Å². The fourth-order valence-corrected chi connectivity index (χ4v) is 1.60. The molecule has 0 bridgehead atoms. The SMILES string of the molecule is O=C(N/N=C\c1cc(O)ccc1O)c1ccc(Cl)cc1. The van der Waals surface area contributed by atoms with Gasteiger partial charge in [-0.2, -0.15) is 5.10 Å². The van der Waals surface area contributed by atoms with Gasteiger partial charge in [0.15, 0.2) is 0 Å². The lowest BCUT2D eigenvalue weighted by Gasteiger charge is -2.01. The molecule has 2 rings (SSSR count). The molecule has 0 saturated heterocycles. The number of rotatable bonds is 3. The third kappa shape index (κ3) is 3.49. The quantitative estimate of drug-likeness (QED) is 0.461. The summed E-state index contributed by atoms with van der Waals surface area (Å²) >= 11 is 5.72. The Hall–Kier alpha value is -2.53. The molecule has 0 aliphatic carbocycles. The number of hydrazone groups is 1. The minimum Gasteiger partial charge on any atom is -0.508 e. The Morgan fingerprint density at radius 3 is 2.55 bits per heavy atom. The number of benzene rings is 2. The molecular weight excluding hydrogens is 280 g/mol. The number of carbonyl (C=O) groups excluding carboxylic acids is 1. The highest BCUT2D eigenvalue weighted by atomic mass is 35.5. The van der Waals surface area contributed by atoms with Crippen molar-refractivity contribution < 1.29 is 15.0 Å². The minimum atomic E-state index is -0.405. The van der Waals surface area contributed by atoms with Gasteiger partial charge in [0.25, 0.3) is 5.91 Å². The van der Waals surface area contributed by atoms with Crippen LogP contribution in [0.5, 0.6) is 11.5 Å². The minimum absolute atomic E-state index is 0.00622. The first-order valence-corrected chi connectivity index (χ1v) is 6.05. The van der Waals surface area contributed by atoms with E-state index in [1.807, 2.05) is 0 Å². The summed E-state index contributed by atoms with van der Waals surface area (Å²) in [6, 6.07) is 10.3. The van der Waals surface area contributed by atoms with E-state index in [2.05, 4.69) is 10.5 Å². The van der Waals surface area contributed by atoms with Crippen molar-refractivity contribution in [3.05, 3.63) is 58.6 Å². The molecular formula is C14H11ClN2O3. The van der Waals surface area contributed by atoms with Crippen LogP contribution in [0, 0.1) is 0 Å². The second-order valence-electron chi connectivity index (χ2n) is 3.95. The smallest absolute Gasteiger partial charge is 0.271 e. The van der Waals surface area contributed by atoms with Crippen LogP contribution >= 0.6 is 11.6 Å². The Kier molecular flexibility index (Phi) is 4.22. The van der Waals surface area contributed by atoms with E-state index >= 15 is 0 Å². The van der Waals surface area contributed by atoms with Gasteiger partial charge in [-0.1, -0.05) is 11.6 Å². The van der Waals surface area contributed by atoms with Crippen molar-refractivity contribution in [1.82, 2.24) is 5.43 Å². The van der Waals surface area contributed by atoms with Gasteiger partial charge < -0.3 is 10.2 Å². The molecule has 0 aromatic heterocycles. The van der Waals surface area contributed by atoms with Crippen LogP contribution in [0.25, 0.3) is 0 Å². The third-order valence-electron chi connectivity index (χ3n) is 2.49. The van der Waals surface area contributed by atoms with E-state index in [9.17, 15) is 15.0 Å². The summed E-state index contributed by atoms with van der Waals surface area (Å²) in [6.45, 7) is 0. The average Bonchev–Trinajstić information content (AvgIpc) is 2.43. The van der Waals surface area contributed by atoms with Gasteiger partial charge in [0.05, 0.1) is 6.21 Å². The number of hydrogen-bond acceptors (Lipinski definition) is 4. The summed E-state index contributed by atoms with van der Waals surface area (Å²) in [5, 5.41) is 23.0. The highest BCUT2D eigenvalue weighted by Gasteiger charge is 2.04. The summed E-state index contributed by atoms with van der Waals surface area (Å²) < 4.78 is 0. The van der Waals surface area contributed by atoms with E-state index < -0.39 is 5.91 Å². The number of carbonyl (C=O) groups is 1. The van der Waals surface area contributed by atoms with Gasteiger partial charge in [-0.3, -0.25) is 4.79 Å². The van der Waals surface area contributed by atoms with E-state index in [1.54, 1.807) is 24.3 Å². The van der Waals surface area contributed by atoms with Gasteiger partial charge in [0, 0.05) is 16.1 Å². The fourth-order valence-electron chi connectivity index (χ4n) is 1.47. The number of phenols is 2. The molecule has 3 N–H and O–H groups in total. The van der Waals surface area contributed by atoms with Gasteiger partial charge in [0.1, 0.15) is 11.5 Å². The predicted molar refractivity (Wildman–Crippen MR) is 76.3 cm³/mol. The molecule has 0 aliphatic rings. The molecule has 0 aliphatic heterocycles. The molecule has 0 unspecified atom stereocenters. The Bertz CT molecular complexity index is 654. The van der Waals surface area contributed by atoms with Crippen LogP contribution in [0.2, 0.25) is 5.02 Å². The van der Waals surface area contributed by atoms with Crippen molar-refractivity contribution in [2.45, 2.75) is 0 Å². The van der Waals surface area contributed by atoms with Gasteiger partial charge in [-0.15, -0.1) is 0 Å². The van der Waals surface area contributed by atoms with E-state index in [0.717, 1.165) is 0 Å². The van der Waals surface area contributed by atoms with E-state index in [-0.39, 0.29) is 11.5 Å². The molecule has 5 nitrogen and oxygen atoms in total. The number of phenolic OH excluding ortho intramolecular Hbond substituents is 2. The second-order valence-corrected chi connectivity index (χ2v) is 4.39. The first kappa shape index (κ1) is 13.9. The normalized spacial score (nSPS) is 10.7. The van der Waals surface area contributed by atoms with Gasteiger partial charge in [0.2, 0.25) is 0 Å². The van der Waals surface area contributed by atoms with Crippen LogP contribution in [0.1, 0.15) is 15.9 Å². The van der Waals surface area contributed by atoms with E-state index in [4.69, 9.17) is 11.6 Å². The average molecular weight is 291 g/mol. The second kappa shape index (κ2) is 6.08. The van der Waals surface area contributed by atoms with Crippen LogP contribution < -0.4 is 5.43 Å². The zero-order valence-corrected chi connectivity index (χ0v) is 11.0. The number of hydrogen-bond donors (Lipinski definition) is 3. The first-order chi connectivity index (χ1) is 9.56. The van der Waals surface area contributed by atoms with E-state index in [1.165, 1.54) is 24.4 Å². The number of aromatic hydroxyl groups is 2. The van der Waals surface area contributed by atoms with Crippen molar-refractivity contribution >= 4 is 23.7 Å². The zero-order valence-electron chi connectivity index (χ0n) is 10.2. The molecule has 2 aromatic carbocycles. The summed E-state index contributed by atoms with van der Waals surface area (Å²) in [6.07, 6.45) is 1.24. The maximum atomic E-state index is 11.7. The molecule has 0 radical (unpaired) electrons. The molecule has 0 fully saturated rings. The topological polar surface area (TPSA) is 81.9 Å². The molecule has 20 heavy (non-hydrogen) atoms. The summed E-state index contributed by atoms with van der Waals surface area (Å²) in [5.74, 6) is -0.460. The molecule has 102 valence electrons. The molecule has 0 atom stereocenters. The lowest BCUT2D eigenvalue weighted by Crippen LogP contribution is -2.17. The standard InChI is InChI=1S/C14H11ClN2O3/c15-11-3-1-9(2-4-11)14(20)17-16-8-10-7-12(18)5-6-13(10)19/h1-8,18-19H,(H,17,20)/b16-8-. The maximum Gasteiger partial charge on any atom is 0.271 e. The molecule has 0 saturated carbocycles. The lowest BCUT2D eigenvalue weighted by molar-refractivity contribution is 0.0955. The van der Waals surface area contributed by atoms with Crippen LogP contribution in [0.4, 0.5) is 0 Å². The zero-order chi connectivity index (χ0) is 14.5. The maximum absolute atomic E-state index is 11.7. The van der Waals surface area contributed by atoms with E-state index in [0.29, 0.717) is 16.1 Å². The largest absolute Gasteiger partial charge is 0.508 e. The molecule has 2 aromatic rings. The van der Waals surface area contributed by atoms with Crippen molar-refractivity contribution in [1.29, 1.82) is 0 Å². The van der Waals surface area contributed by atoms with Gasteiger partial charge in [-0.25, -0.2) is 5.43 Å². The van der Waals surface area contributed by atoms with Crippen LogP contribution in [-0.2, 0) is 0 Å². The van der Waals surface area contributed by atoms with Crippen molar-refractivity contribution in [2.75, 3.05) is 0 Å². The molecule has 0 heterocycles. The van der Waals surface area contributed by atoms with Crippen molar-refractivity contribution in [3.63, 3.8) is 0 Å². The highest BCUT2D eigenvalue weighted by Crippen LogP contribution is 2.19. The van der Waals surface area contributed by atoms with Crippen LogP contribution in [-0.4, -0.2) is 22.3 Å². The first-order valence-electron chi connectivity index (χ1n) is 5.67. The van der Waals surface area contributed by atoms with Crippen LogP contribution in [0.15, 0.2) is 47.6 Å². The highest BCUT2D eigenvalue weighted by molar-refractivity contribution is 6.30. The van der Waals surface area contributed by atoms with Gasteiger partial charge in [-0.05, 0) is 42.5 Å². The lowest BCUT2D eigenvalue weighted by atomic mass is 10.2. The van der Waals surface area contributed by atoms with Crippen molar-refractivity contribution in [2.24, 2.45) is 5.10 Å². The fraction of sp³-hybridized carbons (Fsp3) is 0.